The van der Waals surface area contributed by atoms with Crippen LogP contribution in [-0.2, 0) is 0 Å². The summed E-state index contributed by atoms with van der Waals surface area (Å²) in [5.41, 5.74) is 16.4. The molecular weight excluding hydrogens is 677 g/mol. The van der Waals surface area contributed by atoms with Crippen molar-refractivity contribution >= 4 is 69.2 Å². The molecule has 272 valence electrons. The van der Waals surface area contributed by atoms with Crippen molar-refractivity contribution in [3.63, 3.8) is 0 Å². The lowest BCUT2D eigenvalue weighted by Crippen LogP contribution is -2.10. The van der Waals surface area contributed by atoms with Crippen LogP contribution in [0.3, 0.4) is 0 Å². The predicted molar refractivity (Wildman–Crippen MR) is 243 cm³/mol. The molecule has 2 nitrogen and oxygen atoms in total. The largest absolute Gasteiger partial charge is 0.310 e. The zero-order valence-corrected chi connectivity index (χ0v) is 32.5. The number of hydrogen-bond acceptors (Lipinski definition) is 2. The van der Waals surface area contributed by atoms with Crippen LogP contribution in [0.5, 0.6) is 0 Å². The van der Waals surface area contributed by atoms with E-state index in [9.17, 15) is 0 Å². The van der Waals surface area contributed by atoms with Gasteiger partial charge in [-0.25, -0.2) is 0 Å². The minimum Gasteiger partial charge on any atom is -0.310 e. The summed E-state index contributed by atoms with van der Waals surface area (Å²) in [6, 6.07) is 66.0. The van der Waals surface area contributed by atoms with Gasteiger partial charge in [-0.15, -0.1) is 0 Å². The normalized spacial score (nSPS) is 11.4. The smallest absolute Gasteiger partial charge is 0.0468 e. The summed E-state index contributed by atoms with van der Waals surface area (Å²) in [4.78, 5) is 4.68. The second kappa shape index (κ2) is 16.2. The average molecular weight is 723 g/mol. The van der Waals surface area contributed by atoms with Gasteiger partial charge in [-0.3, -0.25) is 0 Å². The lowest BCUT2D eigenvalue weighted by molar-refractivity contribution is 1.27. The van der Waals surface area contributed by atoms with Gasteiger partial charge >= 0.3 is 0 Å². The number of benzene rings is 8. The molecule has 56 heavy (non-hydrogen) atoms. The van der Waals surface area contributed by atoms with Crippen LogP contribution in [0, 0.1) is 27.7 Å². The maximum absolute atomic E-state index is 2.34. The third kappa shape index (κ3) is 8.41. The standard InChI is InChI=1S/C54H46N2/c1-39-5-13-43(14-6-39)17-19-45-21-31-51(32-22-45)55(49-27-9-41(3)10-28-49)53-35-25-48-38-54(36-26-47(48)37-53)56(50-29-11-42(4)12-30-50)52-33-23-46(24-34-52)20-18-44-15-7-40(2)8-16-44/h5-38H,1-4H3/b19-17+,20-18+. The molecule has 0 heterocycles. The maximum Gasteiger partial charge on any atom is 0.0468 e. The first-order valence-corrected chi connectivity index (χ1v) is 19.3. The van der Waals surface area contributed by atoms with Gasteiger partial charge in [0, 0.05) is 34.1 Å². The van der Waals surface area contributed by atoms with Gasteiger partial charge in [0.05, 0.1) is 0 Å². The molecular formula is C54H46N2. The van der Waals surface area contributed by atoms with Crippen LogP contribution in [0.25, 0.3) is 35.1 Å². The first-order valence-electron chi connectivity index (χ1n) is 19.3. The summed E-state index contributed by atoms with van der Waals surface area (Å²) in [5.74, 6) is 0. The van der Waals surface area contributed by atoms with E-state index in [2.05, 4.69) is 244 Å². The molecule has 0 bridgehead atoms. The molecule has 0 aliphatic carbocycles. The van der Waals surface area contributed by atoms with Crippen molar-refractivity contribution in [1.29, 1.82) is 0 Å². The van der Waals surface area contributed by atoms with E-state index in [1.54, 1.807) is 0 Å². The summed E-state index contributed by atoms with van der Waals surface area (Å²) in [6.07, 6.45) is 8.69. The van der Waals surface area contributed by atoms with Crippen LogP contribution in [-0.4, -0.2) is 0 Å². The highest BCUT2D eigenvalue weighted by Gasteiger charge is 2.16. The summed E-state index contributed by atoms with van der Waals surface area (Å²) in [6.45, 7) is 8.50. The van der Waals surface area contributed by atoms with E-state index in [1.165, 1.54) is 44.2 Å². The molecule has 0 N–H and O–H groups in total. The molecule has 0 aromatic heterocycles. The number of anilines is 6. The summed E-state index contributed by atoms with van der Waals surface area (Å²) < 4.78 is 0. The van der Waals surface area contributed by atoms with Crippen LogP contribution in [0.1, 0.15) is 44.5 Å². The molecule has 0 unspecified atom stereocenters. The van der Waals surface area contributed by atoms with Crippen molar-refractivity contribution in [2.75, 3.05) is 9.80 Å². The summed E-state index contributed by atoms with van der Waals surface area (Å²) in [7, 11) is 0. The van der Waals surface area contributed by atoms with E-state index in [-0.39, 0.29) is 0 Å². The van der Waals surface area contributed by atoms with Gasteiger partial charge in [-0.05, 0) is 134 Å². The Hall–Kier alpha value is -6.90. The van der Waals surface area contributed by atoms with Crippen molar-refractivity contribution in [3.05, 3.63) is 226 Å². The summed E-state index contributed by atoms with van der Waals surface area (Å²) >= 11 is 0. The fourth-order valence-electron chi connectivity index (χ4n) is 6.99. The molecule has 8 aromatic carbocycles. The second-order valence-corrected chi connectivity index (χ2v) is 14.7. The van der Waals surface area contributed by atoms with Gasteiger partial charge in [0.15, 0.2) is 0 Å². The van der Waals surface area contributed by atoms with Gasteiger partial charge in [-0.1, -0.05) is 156 Å². The Kier molecular flexibility index (Phi) is 10.5. The lowest BCUT2D eigenvalue weighted by Gasteiger charge is -2.27. The number of fused-ring (bicyclic) bond motifs is 1. The van der Waals surface area contributed by atoms with Crippen LogP contribution in [0.15, 0.2) is 182 Å². The Morgan fingerprint density at radius 3 is 0.750 bits per heavy atom. The van der Waals surface area contributed by atoms with Crippen LogP contribution in [0.4, 0.5) is 34.1 Å². The maximum atomic E-state index is 2.34. The van der Waals surface area contributed by atoms with Crippen LogP contribution in [0.2, 0.25) is 0 Å². The number of hydrogen-bond donors (Lipinski definition) is 0. The zero-order valence-electron chi connectivity index (χ0n) is 32.5. The molecule has 0 saturated heterocycles. The third-order valence-electron chi connectivity index (χ3n) is 10.3. The molecule has 0 aliphatic heterocycles. The number of nitrogens with zero attached hydrogens (tertiary/aromatic N) is 2. The highest BCUT2D eigenvalue weighted by atomic mass is 15.1. The van der Waals surface area contributed by atoms with Gasteiger partial charge in [0.25, 0.3) is 0 Å². The second-order valence-electron chi connectivity index (χ2n) is 14.7. The lowest BCUT2D eigenvalue weighted by atomic mass is 10.0. The van der Waals surface area contributed by atoms with Crippen LogP contribution < -0.4 is 9.80 Å². The van der Waals surface area contributed by atoms with Crippen LogP contribution >= 0.6 is 0 Å². The van der Waals surface area contributed by atoms with Crippen molar-refractivity contribution in [2.24, 2.45) is 0 Å². The quantitative estimate of drug-likeness (QED) is 0.130. The fraction of sp³-hybridized carbons (Fsp3) is 0.0741. The fourth-order valence-corrected chi connectivity index (χ4v) is 6.99. The molecule has 0 fully saturated rings. The Morgan fingerprint density at radius 1 is 0.250 bits per heavy atom. The topological polar surface area (TPSA) is 6.48 Å². The van der Waals surface area contributed by atoms with Crippen molar-refractivity contribution in [3.8, 4) is 0 Å². The van der Waals surface area contributed by atoms with Crippen molar-refractivity contribution in [1.82, 2.24) is 0 Å². The molecule has 8 aromatic rings. The van der Waals surface area contributed by atoms with E-state index in [1.807, 2.05) is 0 Å². The Morgan fingerprint density at radius 2 is 0.464 bits per heavy atom. The molecule has 0 spiro atoms. The van der Waals surface area contributed by atoms with Gasteiger partial charge in [-0.2, -0.15) is 0 Å². The minimum absolute atomic E-state index is 1.11. The number of rotatable bonds is 10. The highest BCUT2D eigenvalue weighted by molar-refractivity contribution is 5.93. The molecule has 2 heteroatoms. The molecule has 0 atom stereocenters. The van der Waals surface area contributed by atoms with Crippen molar-refractivity contribution < 1.29 is 0 Å². The molecule has 0 saturated carbocycles. The molecule has 8 rings (SSSR count). The summed E-state index contributed by atoms with van der Waals surface area (Å²) in [5, 5.41) is 2.36. The van der Waals surface area contributed by atoms with Gasteiger partial charge in [0.2, 0.25) is 0 Å². The monoisotopic (exact) mass is 722 g/mol. The average Bonchev–Trinajstić information content (AvgIpc) is 3.23. The molecule has 0 amide bonds. The zero-order chi connectivity index (χ0) is 38.4. The first-order chi connectivity index (χ1) is 27.3. The van der Waals surface area contributed by atoms with E-state index >= 15 is 0 Å². The predicted octanol–water partition coefficient (Wildman–Crippen LogP) is 15.4. The SMILES string of the molecule is Cc1ccc(/C=C/c2ccc(N(c3ccc(C)cc3)c3ccc4cc(N(c5ccc(C)cc5)c5ccc(/C=C/c6ccc(C)cc6)cc5)ccc4c3)cc2)cc1. The molecule has 0 radical (unpaired) electrons. The van der Waals surface area contributed by atoms with Crippen molar-refractivity contribution in [2.45, 2.75) is 27.7 Å². The third-order valence-corrected chi connectivity index (χ3v) is 10.3. The molecule has 0 aliphatic rings. The minimum atomic E-state index is 1.11. The van der Waals surface area contributed by atoms with E-state index in [0.717, 1.165) is 45.3 Å². The number of aryl methyl sites for hydroxylation is 4. The first kappa shape index (κ1) is 36.1. The van der Waals surface area contributed by atoms with Gasteiger partial charge < -0.3 is 9.80 Å². The Labute approximate surface area is 332 Å². The van der Waals surface area contributed by atoms with E-state index in [4.69, 9.17) is 0 Å². The van der Waals surface area contributed by atoms with E-state index in [0.29, 0.717) is 0 Å². The van der Waals surface area contributed by atoms with Gasteiger partial charge in [0.1, 0.15) is 0 Å². The highest BCUT2D eigenvalue weighted by Crippen LogP contribution is 2.40. The Bertz CT molecular complexity index is 2420. The Balaban J connectivity index is 1.11. The van der Waals surface area contributed by atoms with E-state index < -0.39 is 0 Å².